The lowest BCUT2D eigenvalue weighted by Gasteiger charge is -2.16. The first-order chi connectivity index (χ1) is 11.2. The molecule has 1 amide bonds. The van der Waals surface area contributed by atoms with Crippen LogP contribution in [0.4, 0.5) is 0 Å². The van der Waals surface area contributed by atoms with E-state index in [4.69, 9.17) is 0 Å². The highest BCUT2D eigenvalue weighted by molar-refractivity contribution is 6.08. The van der Waals surface area contributed by atoms with Gasteiger partial charge in [0.1, 0.15) is 5.82 Å². The first-order valence-electron chi connectivity index (χ1n) is 7.87. The minimum Gasteiger partial charge on any atom is -0.358 e. The van der Waals surface area contributed by atoms with Crippen molar-refractivity contribution in [1.29, 1.82) is 0 Å². The summed E-state index contributed by atoms with van der Waals surface area (Å²) in [7, 11) is 0. The standard InChI is InChI=1S/C18H18N4O/c1-12-16(14-5-2-3-6-15(14)21-12)18(23)22-10-7-13(11-22)17-19-8-4-9-20-17/h2-6,8-9,13,21H,7,10-11H2,1H3/t13-/m0/s1. The van der Waals surface area contributed by atoms with Crippen LogP contribution in [0.15, 0.2) is 42.7 Å². The number of benzene rings is 1. The monoisotopic (exact) mass is 306 g/mol. The van der Waals surface area contributed by atoms with E-state index in [9.17, 15) is 4.79 Å². The second-order valence-electron chi connectivity index (χ2n) is 6.01. The molecule has 0 spiro atoms. The van der Waals surface area contributed by atoms with Crippen molar-refractivity contribution in [3.8, 4) is 0 Å². The summed E-state index contributed by atoms with van der Waals surface area (Å²) in [5.41, 5.74) is 2.72. The second-order valence-corrected chi connectivity index (χ2v) is 6.01. The van der Waals surface area contributed by atoms with Crippen molar-refractivity contribution in [2.45, 2.75) is 19.3 Å². The molecular weight excluding hydrogens is 288 g/mol. The maximum atomic E-state index is 13.0. The molecule has 1 aliphatic heterocycles. The topological polar surface area (TPSA) is 61.9 Å². The number of nitrogens with zero attached hydrogens (tertiary/aromatic N) is 3. The van der Waals surface area contributed by atoms with Crippen molar-refractivity contribution in [3.63, 3.8) is 0 Å². The number of aromatic nitrogens is 3. The molecule has 0 aliphatic carbocycles. The predicted molar refractivity (Wildman–Crippen MR) is 88.3 cm³/mol. The van der Waals surface area contributed by atoms with Crippen molar-refractivity contribution in [2.75, 3.05) is 13.1 Å². The first kappa shape index (κ1) is 13.9. The number of hydrogen-bond donors (Lipinski definition) is 1. The smallest absolute Gasteiger partial charge is 0.256 e. The normalized spacial score (nSPS) is 17.8. The van der Waals surface area contributed by atoms with E-state index in [1.807, 2.05) is 42.2 Å². The number of nitrogens with one attached hydrogen (secondary N) is 1. The van der Waals surface area contributed by atoms with Gasteiger partial charge >= 0.3 is 0 Å². The third-order valence-corrected chi connectivity index (χ3v) is 4.53. The molecule has 3 aromatic rings. The average Bonchev–Trinajstić information content (AvgIpc) is 3.19. The average molecular weight is 306 g/mol. The van der Waals surface area contributed by atoms with Crippen LogP contribution in [0.3, 0.4) is 0 Å². The van der Waals surface area contributed by atoms with Crippen LogP contribution in [0.25, 0.3) is 10.9 Å². The zero-order chi connectivity index (χ0) is 15.8. The molecule has 1 fully saturated rings. The number of amides is 1. The number of H-pyrrole nitrogens is 1. The molecule has 1 aromatic carbocycles. The number of hydrogen-bond acceptors (Lipinski definition) is 3. The van der Waals surface area contributed by atoms with E-state index in [2.05, 4.69) is 15.0 Å². The van der Waals surface area contributed by atoms with E-state index < -0.39 is 0 Å². The van der Waals surface area contributed by atoms with Gasteiger partial charge in [-0.05, 0) is 25.5 Å². The summed E-state index contributed by atoms with van der Waals surface area (Å²) in [6.45, 7) is 3.39. The van der Waals surface area contributed by atoms with Crippen molar-refractivity contribution >= 4 is 16.8 Å². The van der Waals surface area contributed by atoms with Gasteiger partial charge in [-0.25, -0.2) is 9.97 Å². The van der Waals surface area contributed by atoms with Crippen molar-refractivity contribution in [2.24, 2.45) is 0 Å². The van der Waals surface area contributed by atoms with E-state index >= 15 is 0 Å². The first-order valence-corrected chi connectivity index (χ1v) is 7.87. The summed E-state index contributed by atoms with van der Waals surface area (Å²) in [4.78, 5) is 26.9. The largest absolute Gasteiger partial charge is 0.358 e. The molecule has 1 saturated heterocycles. The molecule has 5 heteroatoms. The molecule has 0 radical (unpaired) electrons. The Balaban J connectivity index is 1.61. The van der Waals surface area contributed by atoms with Crippen LogP contribution in [-0.4, -0.2) is 38.8 Å². The van der Waals surface area contributed by atoms with E-state index in [-0.39, 0.29) is 11.8 Å². The highest BCUT2D eigenvalue weighted by Gasteiger charge is 2.31. The Morgan fingerprint density at radius 2 is 2.00 bits per heavy atom. The Labute approximate surface area is 134 Å². The summed E-state index contributed by atoms with van der Waals surface area (Å²) < 4.78 is 0. The number of likely N-dealkylation sites (tertiary alicyclic amines) is 1. The number of carbonyl (C=O) groups is 1. The molecule has 0 bridgehead atoms. The lowest BCUT2D eigenvalue weighted by atomic mass is 10.1. The fourth-order valence-electron chi connectivity index (χ4n) is 3.39. The summed E-state index contributed by atoms with van der Waals surface area (Å²) in [5, 5.41) is 0.995. The molecule has 1 atom stereocenters. The zero-order valence-corrected chi connectivity index (χ0v) is 13.0. The number of rotatable bonds is 2. The summed E-state index contributed by atoms with van der Waals surface area (Å²) in [5.74, 6) is 1.16. The molecule has 23 heavy (non-hydrogen) atoms. The molecule has 116 valence electrons. The van der Waals surface area contributed by atoms with Crippen LogP contribution in [0.5, 0.6) is 0 Å². The van der Waals surface area contributed by atoms with Crippen molar-refractivity contribution < 1.29 is 4.79 Å². The van der Waals surface area contributed by atoms with Gasteiger partial charge in [0.2, 0.25) is 0 Å². The van der Waals surface area contributed by atoms with Gasteiger partial charge in [-0.2, -0.15) is 0 Å². The highest BCUT2D eigenvalue weighted by atomic mass is 16.2. The minimum atomic E-state index is 0.0957. The number of aryl methyl sites for hydroxylation is 1. The van der Waals surface area contributed by atoms with Gasteiger partial charge in [-0.3, -0.25) is 4.79 Å². The number of fused-ring (bicyclic) bond motifs is 1. The van der Waals surface area contributed by atoms with Gasteiger partial charge in [0.05, 0.1) is 5.56 Å². The SMILES string of the molecule is Cc1[nH]c2ccccc2c1C(=O)N1CC[C@H](c2ncccn2)C1. The Bertz CT molecular complexity index is 856. The minimum absolute atomic E-state index is 0.0957. The third kappa shape index (κ3) is 2.38. The van der Waals surface area contributed by atoms with Crippen molar-refractivity contribution in [1.82, 2.24) is 19.9 Å². The van der Waals surface area contributed by atoms with Gasteiger partial charge in [0.15, 0.2) is 0 Å². The zero-order valence-electron chi connectivity index (χ0n) is 13.0. The van der Waals surface area contributed by atoms with Crippen LogP contribution >= 0.6 is 0 Å². The molecule has 5 nitrogen and oxygen atoms in total. The number of aromatic amines is 1. The van der Waals surface area contributed by atoms with Crippen molar-refractivity contribution in [3.05, 3.63) is 59.8 Å². The lowest BCUT2D eigenvalue weighted by Crippen LogP contribution is -2.29. The summed E-state index contributed by atoms with van der Waals surface area (Å²) >= 11 is 0. The quantitative estimate of drug-likeness (QED) is 0.792. The number of carbonyl (C=O) groups excluding carboxylic acids is 1. The van der Waals surface area contributed by atoms with Crippen LogP contribution in [0, 0.1) is 6.92 Å². The molecule has 2 aromatic heterocycles. The number of para-hydroxylation sites is 1. The Kier molecular flexibility index (Phi) is 3.33. The fourth-order valence-corrected chi connectivity index (χ4v) is 3.39. The molecule has 3 heterocycles. The Morgan fingerprint density at radius 3 is 2.83 bits per heavy atom. The van der Waals surface area contributed by atoms with E-state index in [1.165, 1.54) is 0 Å². The Morgan fingerprint density at radius 1 is 1.22 bits per heavy atom. The maximum Gasteiger partial charge on any atom is 0.256 e. The lowest BCUT2D eigenvalue weighted by molar-refractivity contribution is 0.0792. The molecular formula is C18H18N4O. The third-order valence-electron chi connectivity index (χ3n) is 4.53. The Hall–Kier alpha value is -2.69. The van der Waals surface area contributed by atoms with Gasteiger partial charge in [-0.1, -0.05) is 18.2 Å². The van der Waals surface area contributed by atoms with E-state index in [1.54, 1.807) is 12.4 Å². The maximum absolute atomic E-state index is 13.0. The molecule has 4 rings (SSSR count). The molecule has 0 saturated carbocycles. The van der Waals surface area contributed by atoms with Gasteiger partial charge in [0.25, 0.3) is 5.91 Å². The van der Waals surface area contributed by atoms with E-state index in [0.717, 1.165) is 41.0 Å². The van der Waals surface area contributed by atoms with Gasteiger partial charge in [0, 0.05) is 48.0 Å². The van der Waals surface area contributed by atoms with Gasteiger partial charge in [-0.15, -0.1) is 0 Å². The highest BCUT2D eigenvalue weighted by Crippen LogP contribution is 2.29. The van der Waals surface area contributed by atoms with Gasteiger partial charge < -0.3 is 9.88 Å². The second kappa shape index (κ2) is 5.50. The summed E-state index contributed by atoms with van der Waals surface area (Å²) in [6.07, 6.45) is 4.43. The molecule has 1 aliphatic rings. The fraction of sp³-hybridized carbons (Fsp3) is 0.278. The van der Waals surface area contributed by atoms with E-state index in [0.29, 0.717) is 6.54 Å². The van der Waals surface area contributed by atoms with Crippen LogP contribution in [0.2, 0.25) is 0 Å². The van der Waals surface area contributed by atoms with Crippen LogP contribution in [-0.2, 0) is 0 Å². The predicted octanol–water partition coefficient (Wildman–Crippen LogP) is 2.90. The summed E-state index contributed by atoms with van der Waals surface area (Å²) in [6, 6.07) is 9.77. The van der Waals surface area contributed by atoms with Crippen LogP contribution < -0.4 is 0 Å². The molecule has 1 N–H and O–H groups in total. The molecule has 0 unspecified atom stereocenters. The van der Waals surface area contributed by atoms with Crippen LogP contribution in [0.1, 0.15) is 34.2 Å².